The van der Waals surface area contributed by atoms with E-state index in [0.29, 0.717) is 12.2 Å². The second-order valence-electron chi connectivity index (χ2n) is 3.51. The minimum absolute atomic E-state index is 0.236. The summed E-state index contributed by atoms with van der Waals surface area (Å²) in [5.74, 6) is 0.442. The molecule has 5 nitrogen and oxygen atoms in total. The van der Waals surface area contributed by atoms with Crippen LogP contribution in [-0.2, 0) is 4.79 Å². The molecule has 0 saturated heterocycles. The third-order valence-electron chi connectivity index (χ3n) is 1.98. The van der Waals surface area contributed by atoms with Crippen molar-refractivity contribution in [2.24, 2.45) is 5.73 Å². The van der Waals surface area contributed by atoms with Gasteiger partial charge in [-0.1, -0.05) is 0 Å². The number of carbonyl (C=O) groups excluding carboxylic acids is 1. The molecule has 0 bridgehead atoms. The van der Waals surface area contributed by atoms with Crippen LogP contribution in [0.1, 0.15) is 25.0 Å². The van der Waals surface area contributed by atoms with E-state index in [1.807, 2.05) is 13.0 Å². The van der Waals surface area contributed by atoms with E-state index in [1.165, 1.54) is 0 Å². The summed E-state index contributed by atoms with van der Waals surface area (Å²) < 4.78 is 0. The van der Waals surface area contributed by atoms with Crippen molar-refractivity contribution in [3.05, 3.63) is 17.0 Å². The molecule has 0 atom stereocenters. The Hall–Kier alpha value is -1.36. The second kappa shape index (κ2) is 6.27. The second-order valence-corrected chi connectivity index (χ2v) is 3.85. The van der Waals surface area contributed by atoms with E-state index in [0.717, 1.165) is 25.1 Å². The summed E-state index contributed by atoms with van der Waals surface area (Å²) in [4.78, 5) is 18.5. The minimum atomic E-state index is -0.263. The van der Waals surface area contributed by atoms with Crippen LogP contribution in [0.2, 0.25) is 5.28 Å². The molecule has 1 aromatic rings. The maximum absolute atomic E-state index is 10.5. The monoisotopic (exact) mass is 242 g/mol. The van der Waals surface area contributed by atoms with Crippen molar-refractivity contribution < 1.29 is 4.79 Å². The van der Waals surface area contributed by atoms with Crippen LogP contribution < -0.4 is 11.1 Å². The Morgan fingerprint density at radius 1 is 1.50 bits per heavy atom. The Kier molecular flexibility index (Phi) is 4.98. The first-order valence-electron chi connectivity index (χ1n) is 5.11. The van der Waals surface area contributed by atoms with E-state index in [2.05, 4.69) is 15.3 Å². The highest BCUT2D eigenvalue weighted by atomic mass is 35.5. The van der Waals surface area contributed by atoms with Crippen LogP contribution >= 0.6 is 11.6 Å². The lowest BCUT2D eigenvalue weighted by Gasteiger charge is -2.05. The van der Waals surface area contributed by atoms with Crippen molar-refractivity contribution in [3.63, 3.8) is 0 Å². The normalized spacial score (nSPS) is 10.1. The number of aromatic nitrogens is 2. The highest BCUT2D eigenvalue weighted by Crippen LogP contribution is 2.09. The lowest BCUT2D eigenvalue weighted by Crippen LogP contribution is -2.11. The number of anilines is 1. The van der Waals surface area contributed by atoms with Gasteiger partial charge in [-0.05, 0) is 31.4 Å². The van der Waals surface area contributed by atoms with Gasteiger partial charge in [-0.25, -0.2) is 9.97 Å². The van der Waals surface area contributed by atoms with Crippen LogP contribution in [0, 0.1) is 6.92 Å². The Labute approximate surface area is 99.4 Å². The van der Waals surface area contributed by atoms with Gasteiger partial charge in [0.2, 0.25) is 11.2 Å². The van der Waals surface area contributed by atoms with Gasteiger partial charge in [0.25, 0.3) is 0 Å². The fraction of sp³-hybridized carbons (Fsp3) is 0.500. The molecule has 0 aromatic carbocycles. The van der Waals surface area contributed by atoms with Gasteiger partial charge in [0.1, 0.15) is 5.82 Å². The number of carbonyl (C=O) groups is 1. The number of hydrogen-bond acceptors (Lipinski definition) is 4. The average Bonchev–Trinajstić information content (AvgIpc) is 2.15. The van der Waals surface area contributed by atoms with E-state index < -0.39 is 0 Å². The summed E-state index contributed by atoms with van der Waals surface area (Å²) in [6.45, 7) is 2.59. The molecule has 0 fully saturated rings. The van der Waals surface area contributed by atoms with Crippen LogP contribution in [-0.4, -0.2) is 22.4 Å². The summed E-state index contributed by atoms with van der Waals surface area (Å²) in [5.41, 5.74) is 5.85. The van der Waals surface area contributed by atoms with Crippen molar-refractivity contribution in [2.75, 3.05) is 11.9 Å². The number of primary amides is 1. The van der Waals surface area contributed by atoms with Gasteiger partial charge in [-0.3, -0.25) is 4.79 Å². The molecule has 1 amide bonds. The lowest BCUT2D eigenvalue weighted by atomic mass is 10.2. The molecule has 0 spiro atoms. The SMILES string of the molecule is Cc1cc(NCCCCC(N)=O)nc(Cl)n1. The molecule has 1 rings (SSSR count). The molecule has 1 heterocycles. The van der Waals surface area contributed by atoms with Crippen molar-refractivity contribution in [3.8, 4) is 0 Å². The first kappa shape index (κ1) is 12.7. The van der Waals surface area contributed by atoms with E-state index in [4.69, 9.17) is 17.3 Å². The largest absolute Gasteiger partial charge is 0.370 e. The van der Waals surface area contributed by atoms with Crippen LogP contribution in [0.5, 0.6) is 0 Å². The molecule has 1 aromatic heterocycles. The molecule has 3 N–H and O–H groups in total. The van der Waals surface area contributed by atoms with E-state index in [-0.39, 0.29) is 11.2 Å². The van der Waals surface area contributed by atoms with Gasteiger partial charge in [0.15, 0.2) is 0 Å². The van der Waals surface area contributed by atoms with Crippen LogP contribution in [0.15, 0.2) is 6.07 Å². The van der Waals surface area contributed by atoms with Gasteiger partial charge < -0.3 is 11.1 Å². The first-order chi connectivity index (χ1) is 7.58. The molecular formula is C10H15ClN4O. The number of aryl methyl sites for hydroxylation is 1. The average molecular weight is 243 g/mol. The predicted octanol–water partition coefficient (Wildman–Crippen LogP) is 1.51. The third kappa shape index (κ3) is 4.93. The quantitative estimate of drug-likeness (QED) is 0.585. The molecule has 0 unspecified atom stereocenters. The summed E-state index contributed by atoms with van der Waals surface area (Å²) >= 11 is 5.71. The predicted molar refractivity (Wildman–Crippen MR) is 63.3 cm³/mol. The fourth-order valence-corrected chi connectivity index (χ4v) is 1.49. The Morgan fingerprint density at radius 2 is 2.25 bits per heavy atom. The third-order valence-corrected chi connectivity index (χ3v) is 2.15. The molecule has 0 radical (unpaired) electrons. The van der Waals surface area contributed by atoms with Gasteiger partial charge in [0, 0.05) is 24.7 Å². The van der Waals surface area contributed by atoms with Gasteiger partial charge in [-0.2, -0.15) is 0 Å². The van der Waals surface area contributed by atoms with Crippen molar-refractivity contribution in [2.45, 2.75) is 26.2 Å². The summed E-state index contributed by atoms with van der Waals surface area (Å²) in [6.07, 6.45) is 2.06. The van der Waals surface area contributed by atoms with Gasteiger partial charge in [-0.15, -0.1) is 0 Å². The van der Waals surface area contributed by atoms with Gasteiger partial charge >= 0.3 is 0 Å². The smallest absolute Gasteiger partial charge is 0.224 e. The molecule has 6 heteroatoms. The Balaban J connectivity index is 2.29. The number of unbranched alkanes of at least 4 members (excludes halogenated alkanes) is 1. The van der Waals surface area contributed by atoms with Crippen LogP contribution in [0.3, 0.4) is 0 Å². The molecule has 0 aliphatic rings. The standard InChI is InChI=1S/C10H15ClN4O/c1-7-6-9(15-10(11)14-7)13-5-3-2-4-8(12)16/h6H,2-5H2,1H3,(H2,12,16)(H,13,14,15). The number of amides is 1. The zero-order valence-corrected chi connectivity index (χ0v) is 9.92. The summed E-state index contributed by atoms with van der Waals surface area (Å²) in [7, 11) is 0. The van der Waals surface area contributed by atoms with E-state index in [1.54, 1.807) is 0 Å². The molecule has 88 valence electrons. The first-order valence-corrected chi connectivity index (χ1v) is 5.49. The highest BCUT2D eigenvalue weighted by molar-refractivity contribution is 6.28. The molecule has 0 saturated carbocycles. The van der Waals surface area contributed by atoms with E-state index in [9.17, 15) is 4.79 Å². The van der Waals surface area contributed by atoms with Crippen molar-refractivity contribution in [1.29, 1.82) is 0 Å². The summed E-state index contributed by atoms with van der Waals surface area (Å²) in [6, 6.07) is 1.82. The topological polar surface area (TPSA) is 80.9 Å². The minimum Gasteiger partial charge on any atom is -0.370 e. The maximum atomic E-state index is 10.5. The highest BCUT2D eigenvalue weighted by Gasteiger charge is 1.99. The maximum Gasteiger partial charge on any atom is 0.224 e. The number of nitrogens with zero attached hydrogens (tertiary/aromatic N) is 2. The summed E-state index contributed by atoms with van der Waals surface area (Å²) in [5, 5.41) is 3.35. The molecule has 0 aliphatic carbocycles. The van der Waals surface area contributed by atoms with Gasteiger partial charge in [0.05, 0.1) is 0 Å². The lowest BCUT2D eigenvalue weighted by molar-refractivity contribution is -0.118. The number of nitrogens with one attached hydrogen (secondary N) is 1. The van der Waals surface area contributed by atoms with Crippen LogP contribution in [0.25, 0.3) is 0 Å². The Bertz CT molecular complexity index is 350. The number of hydrogen-bond donors (Lipinski definition) is 2. The number of rotatable bonds is 6. The number of halogens is 1. The van der Waals surface area contributed by atoms with Crippen LogP contribution in [0.4, 0.5) is 5.82 Å². The van der Waals surface area contributed by atoms with E-state index >= 15 is 0 Å². The number of nitrogens with two attached hydrogens (primary N) is 1. The fourth-order valence-electron chi connectivity index (χ4n) is 1.26. The molecule has 16 heavy (non-hydrogen) atoms. The molecular weight excluding hydrogens is 228 g/mol. The van der Waals surface area contributed by atoms with Crippen molar-refractivity contribution >= 4 is 23.3 Å². The Morgan fingerprint density at radius 3 is 2.88 bits per heavy atom. The van der Waals surface area contributed by atoms with Crippen molar-refractivity contribution in [1.82, 2.24) is 9.97 Å². The molecule has 0 aliphatic heterocycles. The zero-order valence-electron chi connectivity index (χ0n) is 9.16. The zero-order chi connectivity index (χ0) is 12.0.